The molecule has 0 radical (unpaired) electrons. The predicted octanol–water partition coefficient (Wildman–Crippen LogP) is 4.83. The van der Waals surface area contributed by atoms with Gasteiger partial charge >= 0.3 is 106 Å². The Balaban J connectivity index is 4.32. The predicted molar refractivity (Wildman–Crippen MR) is 61.1 cm³/mol. The molecule has 0 spiro atoms. The van der Waals surface area contributed by atoms with Crippen molar-refractivity contribution >= 4 is 0 Å². The molecule has 0 bridgehead atoms. The zero-order valence-electron chi connectivity index (χ0n) is 10.9. The second kappa shape index (κ2) is 6.45. The molecule has 0 unspecified atom stereocenters. The Bertz CT molecular complexity index is 121. The van der Waals surface area contributed by atoms with Crippen LogP contribution in [0.3, 0.4) is 0 Å². The van der Waals surface area contributed by atoms with Gasteiger partial charge in [-0.15, -0.1) is 0 Å². The summed E-state index contributed by atoms with van der Waals surface area (Å²) in [6, 6.07) is 0. The van der Waals surface area contributed by atoms with E-state index in [4.69, 9.17) is 0 Å². The van der Waals surface area contributed by atoms with Gasteiger partial charge < -0.3 is 0 Å². The van der Waals surface area contributed by atoms with Crippen molar-refractivity contribution in [1.29, 1.82) is 0 Å². The molecule has 14 heavy (non-hydrogen) atoms. The molecule has 0 aliphatic heterocycles. The van der Waals surface area contributed by atoms with Crippen LogP contribution in [0.4, 0.5) is 0 Å². The van der Waals surface area contributed by atoms with Crippen LogP contribution in [0.1, 0.15) is 60.8 Å². The van der Waals surface area contributed by atoms with E-state index in [0.717, 1.165) is 17.8 Å². The molecule has 0 saturated heterocycles. The SMILES string of the molecule is CC(C)C[C]([Hf])(CC(C)C)CC(C)C. The molecular formula is C13H27Hf. The monoisotopic (exact) mass is 363 g/mol. The van der Waals surface area contributed by atoms with Gasteiger partial charge in [0.2, 0.25) is 0 Å². The molecule has 0 aromatic carbocycles. The maximum absolute atomic E-state index is 2.37. The third-order valence-electron chi connectivity index (χ3n) is 2.40. The van der Waals surface area contributed by atoms with Crippen LogP contribution in [-0.2, 0) is 24.4 Å². The van der Waals surface area contributed by atoms with Gasteiger partial charge in [-0.05, 0) is 0 Å². The molecule has 0 saturated carbocycles. The quantitative estimate of drug-likeness (QED) is 0.594. The van der Waals surface area contributed by atoms with Gasteiger partial charge in [0, 0.05) is 0 Å². The third-order valence-corrected chi connectivity index (χ3v) is 4.60. The zero-order chi connectivity index (χ0) is 11.4. The van der Waals surface area contributed by atoms with E-state index in [1.165, 1.54) is 43.6 Å². The molecule has 83 valence electrons. The average molecular weight is 362 g/mol. The van der Waals surface area contributed by atoms with Gasteiger partial charge in [0.25, 0.3) is 0 Å². The minimum atomic E-state index is 0.705. The van der Waals surface area contributed by atoms with Crippen LogP contribution in [0.25, 0.3) is 0 Å². The van der Waals surface area contributed by atoms with Crippen molar-refractivity contribution in [2.24, 2.45) is 17.8 Å². The Hall–Kier alpha value is 0.870. The Labute approximate surface area is 106 Å². The first-order chi connectivity index (χ1) is 6.25. The van der Waals surface area contributed by atoms with Crippen molar-refractivity contribution in [1.82, 2.24) is 0 Å². The Morgan fingerprint density at radius 3 is 1.07 bits per heavy atom. The topological polar surface area (TPSA) is 0 Å². The fraction of sp³-hybridized carbons (Fsp3) is 1.00. The zero-order valence-corrected chi connectivity index (χ0v) is 14.4. The summed E-state index contributed by atoms with van der Waals surface area (Å²) in [5, 5.41) is 0. The molecule has 0 aromatic heterocycles. The molecule has 0 atom stereocenters. The van der Waals surface area contributed by atoms with E-state index in [-0.39, 0.29) is 0 Å². The fourth-order valence-electron chi connectivity index (χ4n) is 2.59. The van der Waals surface area contributed by atoms with Crippen LogP contribution in [0.2, 0.25) is 3.17 Å². The van der Waals surface area contributed by atoms with Crippen LogP contribution in [0, 0.1) is 17.8 Å². The van der Waals surface area contributed by atoms with Gasteiger partial charge in [0.05, 0.1) is 0 Å². The van der Waals surface area contributed by atoms with Crippen LogP contribution in [0.5, 0.6) is 0 Å². The van der Waals surface area contributed by atoms with Crippen LogP contribution < -0.4 is 0 Å². The normalized spacial score (nSPS) is 13.1. The van der Waals surface area contributed by atoms with Crippen LogP contribution >= 0.6 is 0 Å². The first-order valence-electron chi connectivity index (χ1n) is 6.00. The summed E-state index contributed by atoms with van der Waals surface area (Å²) in [5.74, 6) is 2.60. The second-order valence-electron chi connectivity index (χ2n) is 6.07. The summed E-state index contributed by atoms with van der Waals surface area (Å²) >= 11 is 1.36. The molecule has 0 heterocycles. The number of hydrogen-bond acceptors (Lipinski definition) is 0. The summed E-state index contributed by atoms with van der Waals surface area (Å²) < 4.78 is 0.705. The van der Waals surface area contributed by atoms with Gasteiger partial charge in [0.1, 0.15) is 0 Å². The first-order valence-corrected chi connectivity index (χ1v) is 7.80. The van der Waals surface area contributed by atoms with Gasteiger partial charge in [-0.3, -0.25) is 0 Å². The van der Waals surface area contributed by atoms with Crippen molar-refractivity contribution in [3.05, 3.63) is 0 Å². The second-order valence-corrected chi connectivity index (χ2v) is 9.88. The number of rotatable bonds is 6. The Morgan fingerprint density at radius 1 is 0.714 bits per heavy atom. The van der Waals surface area contributed by atoms with E-state index in [1.54, 1.807) is 0 Å². The van der Waals surface area contributed by atoms with Gasteiger partial charge in [-0.2, -0.15) is 0 Å². The van der Waals surface area contributed by atoms with Crippen LogP contribution in [-0.4, -0.2) is 0 Å². The van der Waals surface area contributed by atoms with E-state index < -0.39 is 0 Å². The molecule has 0 rings (SSSR count). The Kier molecular flexibility index (Phi) is 6.85. The molecule has 0 amide bonds. The molecule has 0 aliphatic carbocycles. The summed E-state index contributed by atoms with van der Waals surface area (Å²) in [4.78, 5) is 0. The van der Waals surface area contributed by atoms with Crippen molar-refractivity contribution in [3.63, 3.8) is 0 Å². The molecule has 0 N–H and O–H groups in total. The van der Waals surface area contributed by atoms with E-state index in [9.17, 15) is 0 Å². The maximum atomic E-state index is 2.37. The van der Waals surface area contributed by atoms with Crippen LogP contribution in [0.15, 0.2) is 0 Å². The molecule has 0 aromatic rings. The summed E-state index contributed by atoms with van der Waals surface area (Å²) in [5.41, 5.74) is 0. The number of hydrogen-bond donors (Lipinski definition) is 0. The van der Waals surface area contributed by atoms with E-state index in [0.29, 0.717) is 3.17 Å². The van der Waals surface area contributed by atoms with Gasteiger partial charge in [0.15, 0.2) is 0 Å². The molecule has 0 aliphatic rings. The summed E-state index contributed by atoms with van der Waals surface area (Å²) in [6.07, 6.45) is 4.32. The molecule has 0 nitrogen and oxygen atoms in total. The Morgan fingerprint density at radius 2 is 0.929 bits per heavy atom. The molecule has 0 fully saturated rings. The van der Waals surface area contributed by atoms with Crippen molar-refractivity contribution in [3.8, 4) is 0 Å². The van der Waals surface area contributed by atoms with E-state index in [1.807, 2.05) is 0 Å². The minimum absolute atomic E-state index is 0.705. The molecular weight excluding hydrogens is 335 g/mol. The first kappa shape index (κ1) is 14.9. The van der Waals surface area contributed by atoms with Crippen molar-refractivity contribution < 1.29 is 24.4 Å². The fourth-order valence-corrected chi connectivity index (χ4v) is 6.99. The average Bonchev–Trinajstić information content (AvgIpc) is 1.76. The summed E-state index contributed by atoms with van der Waals surface area (Å²) in [7, 11) is 0. The van der Waals surface area contributed by atoms with Gasteiger partial charge in [-0.25, -0.2) is 0 Å². The van der Waals surface area contributed by atoms with Crippen molar-refractivity contribution in [2.75, 3.05) is 0 Å². The third kappa shape index (κ3) is 7.20. The van der Waals surface area contributed by atoms with Gasteiger partial charge in [-0.1, -0.05) is 0 Å². The summed E-state index contributed by atoms with van der Waals surface area (Å²) in [6.45, 7) is 14.2. The van der Waals surface area contributed by atoms with E-state index in [2.05, 4.69) is 41.5 Å². The van der Waals surface area contributed by atoms with Crippen molar-refractivity contribution in [2.45, 2.75) is 64.0 Å². The standard InChI is InChI=1S/C13H27.Hf/c1-10(2)7-13(8-11(3)4)9-12(5)6;/h10-12H,7-9H2,1-6H3;. The van der Waals surface area contributed by atoms with E-state index >= 15 is 0 Å². The molecule has 1 heteroatoms.